The first-order chi connectivity index (χ1) is 26.3. The van der Waals surface area contributed by atoms with Crippen LogP contribution in [0.2, 0.25) is 0 Å². The van der Waals surface area contributed by atoms with E-state index in [1.807, 2.05) is 0 Å². The van der Waals surface area contributed by atoms with Crippen LogP contribution < -0.4 is 10.6 Å². The molecule has 2 aromatic heterocycles. The first-order valence-corrected chi connectivity index (χ1v) is 21.3. The lowest BCUT2D eigenvalue weighted by Crippen LogP contribution is -2.65. The van der Waals surface area contributed by atoms with Crippen molar-refractivity contribution < 1.29 is 4.74 Å². The number of allylic oxidation sites excluding steroid dienone is 6. The Hall–Kier alpha value is -3.91. The number of ether oxygens (including phenoxy) is 1. The van der Waals surface area contributed by atoms with Crippen LogP contribution in [0.25, 0.3) is 0 Å². The van der Waals surface area contributed by atoms with Gasteiger partial charge in [0, 0.05) is 55.8 Å². The van der Waals surface area contributed by atoms with Gasteiger partial charge in [0.05, 0.1) is 0 Å². The van der Waals surface area contributed by atoms with Crippen LogP contribution >= 0.6 is 0 Å². The maximum atomic E-state index is 8.99. The molecule has 5 heteroatoms. The Bertz CT molecular complexity index is 2010. The maximum Gasteiger partial charge on any atom is 0.131 e. The van der Waals surface area contributed by atoms with Crippen LogP contribution in [0, 0.1) is 21.7 Å². The summed E-state index contributed by atoms with van der Waals surface area (Å²) < 4.78 is 8.99. The van der Waals surface area contributed by atoms with Crippen LogP contribution in [0.3, 0.4) is 0 Å². The summed E-state index contributed by atoms with van der Waals surface area (Å²) in [4.78, 5) is 10.8. The minimum atomic E-state index is -1.10. The predicted molar refractivity (Wildman–Crippen MR) is 228 cm³/mol. The molecule has 4 aromatic rings. The zero-order chi connectivity index (χ0) is 38.7. The minimum absolute atomic E-state index is 0.303. The van der Waals surface area contributed by atoms with Gasteiger partial charge in [-0.25, -0.2) is 0 Å². The van der Waals surface area contributed by atoms with Crippen molar-refractivity contribution in [2.24, 2.45) is 21.7 Å². The second-order valence-electron chi connectivity index (χ2n) is 18.4. The van der Waals surface area contributed by atoms with Crippen molar-refractivity contribution in [2.45, 2.75) is 103 Å². The summed E-state index contributed by atoms with van der Waals surface area (Å²) in [7, 11) is 8.48. The molecular formula is C50H54N2OSi2. The normalized spacial score (nSPS) is 24.7. The quantitative estimate of drug-likeness (QED) is 0.151. The number of hydrogen-bond acceptors (Lipinski definition) is 3. The van der Waals surface area contributed by atoms with Gasteiger partial charge in [-0.15, -0.1) is 0 Å². The first kappa shape index (κ1) is 38.0. The number of benzene rings is 2. The highest BCUT2D eigenvalue weighted by molar-refractivity contribution is 6.32. The largest absolute Gasteiger partial charge is 0.348 e. The number of rotatable bonds is 10. The molecule has 3 nitrogen and oxygen atoms in total. The van der Waals surface area contributed by atoms with Gasteiger partial charge in [-0.1, -0.05) is 163 Å². The highest BCUT2D eigenvalue weighted by atomic mass is 28.1. The van der Waals surface area contributed by atoms with E-state index in [1.165, 1.54) is 25.7 Å². The van der Waals surface area contributed by atoms with E-state index in [0.29, 0.717) is 11.8 Å². The molecule has 55 heavy (non-hydrogen) atoms. The maximum absolute atomic E-state index is 8.99. The summed E-state index contributed by atoms with van der Waals surface area (Å²) in [6, 6.07) is 31.2. The average Bonchev–Trinajstić information content (AvgIpc) is 4.11. The average molecular weight is 755 g/mol. The molecular weight excluding hydrogens is 701 g/mol. The Morgan fingerprint density at radius 1 is 0.527 bits per heavy atom. The van der Waals surface area contributed by atoms with E-state index in [0.717, 1.165) is 57.1 Å². The summed E-state index contributed by atoms with van der Waals surface area (Å²) >= 11 is 0. The predicted octanol–water partition coefficient (Wildman–Crippen LogP) is 10.1. The van der Waals surface area contributed by atoms with Gasteiger partial charge in [0.2, 0.25) is 0 Å². The van der Waals surface area contributed by atoms with Crippen LogP contribution in [0.15, 0.2) is 134 Å². The molecule has 0 amide bonds. The van der Waals surface area contributed by atoms with Gasteiger partial charge in [-0.2, -0.15) is 0 Å². The van der Waals surface area contributed by atoms with Gasteiger partial charge >= 0.3 is 0 Å². The molecule has 0 aliphatic heterocycles. The molecule has 2 saturated carbocycles. The van der Waals surface area contributed by atoms with Crippen LogP contribution in [0.4, 0.5) is 0 Å². The molecule has 8 rings (SSSR count). The summed E-state index contributed by atoms with van der Waals surface area (Å²) in [5.41, 5.74) is 2.50. The van der Waals surface area contributed by atoms with Gasteiger partial charge in [-0.3, -0.25) is 9.97 Å². The smallest absolute Gasteiger partial charge is 0.131 e. The van der Waals surface area contributed by atoms with Crippen LogP contribution in [0.5, 0.6) is 0 Å². The van der Waals surface area contributed by atoms with Crippen molar-refractivity contribution >= 4 is 31.1 Å². The molecule has 4 aliphatic rings. The van der Waals surface area contributed by atoms with E-state index in [9.17, 15) is 0 Å². The van der Waals surface area contributed by atoms with Gasteiger partial charge in [0.25, 0.3) is 0 Å². The molecule has 0 N–H and O–H groups in total. The Balaban J connectivity index is 1.58. The molecule has 2 aromatic carbocycles. The molecule has 0 saturated heterocycles. The fourth-order valence-corrected chi connectivity index (χ4v) is 10.7. The number of pyridine rings is 2. The van der Waals surface area contributed by atoms with E-state index < -0.39 is 22.0 Å². The number of aromatic nitrogens is 2. The molecule has 4 aliphatic carbocycles. The molecule has 2 heterocycles. The monoisotopic (exact) mass is 754 g/mol. The summed E-state index contributed by atoms with van der Waals surface area (Å²) in [5.74, 6) is 1.01. The van der Waals surface area contributed by atoms with Crippen molar-refractivity contribution in [1.29, 1.82) is 0 Å². The van der Waals surface area contributed by atoms with Crippen molar-refractivity contribution in [2.75, 3.05) is 0 Å². The SMILES string of the molecule is CC(C)(C)C1(C(OC(c2ccccc2)(c2ccc(C3CC3)nc2[Si])C2(C(C)(C)C)C=CC=CC2)(c2ccccc2)c2ccc(C3CC3)nc2[Si])C=CC=CC1. The van der Waals surface area contributed by atoms with Crippen molar-refractivity contribution in [3.8, 4) is 0 Å². The third kappa shape index (κ3) is 6.08. The highest BCUT2D eigenvalue weighted by Crippen LogP contribution is 2.68. The van der Waals surface area contributed by atoms with Crippen LogP contribution in [-0.4, -0.2) is 30.5 Å². The molecule has 0 spiro atoms. The standard InChI is InChI=1S/C50H54N2OSi2/c1-45(2,3)47(31-15-9-16-32-47)49(37-19-11-7-12-20-37,39-27-29-41(35-23-24-35)51-43(39)54)53-50(38-21-13-8-14-22-38,48(46(4,5)6)33-17-10-18-34-48)40-28-30-42(36-25-26-36)52-44(40)55/h7-22,27-31,33,35-36H,23-26,32,34H2,1-6H3. The van der Waals surface area contributed by atoms with Crippen molar-refractivity contribution in [1.82, 2.24) is 9.97 Å². The fourth-order valence-electron chi connectivity index (χ4n) is 9.95. The van der Waals surface area contributed by atoms with Crippen LogP contribution in [-0.2, 0) is 15.9 Å². The number of hydrogen-bond donors (Lipinski definition) is 0. The lowest BCUT2D eigenvalue weighted by molar-refractivity contribution is -0.246. The second kappa shape index (κ2) is 13.9. The summed E-state index contributed by atoms with van der Waals surface area (Å²) in [6.45, 7) is 14.3. The molecule has 278 valence electrons. The third-order valence-electron chi connectivity index (χ3n) is 13.3. The second-order valence-corrected chi connectivity index (χ2v) is 19.4. The van der Waals surface area contributed by atoms with E-state index in [1.54, 1.807) is 0 Å². The van der Waals surface area contributed by atoms with Gasteiger partial charge in [0.1, 0.15) is 31.7 Å². The lowest BCUT2D eigenvalue weighted by atomic mass is 9.49. The molecule has 0 bridgehead atoms. The summed E-state index contributed by atoms with van der Waals surface area (Å²) in [6.07, 6.45) is 24.7. The Labute approximate surface area is 336 Å². The van der Waals surface area contributed by atoms with Gasteiger partial charge in [-0.05, 0) is 72.6 Å². The van der Waals surface area contributed by atoms with E-state index in [4.69, 9.17) is 14.7 Å². The van der Waals surface area contributed by atoms with Crippen LogP contribution in [0.1, 0.15) is 126 Å². The van der Waals surface area contributed by atoms with E-state index >= 15 is 0 Å². The topological polar surface area (TPSA) is 35.0 Å². The van der Waals surface area contributed by atoms with E-state index in [2.05, 4.69) is 196 Å². The Morgan fingerprint density at radius 2 is 0.909 bits per heavy atom. The van der Waals surface area contributed by atoms with Gasteiger partial charge in [0.15, 0.2) is 0 Å². The Morgan fingerprint density at radius 3 is 1.20 bits per heavy atom. The minimum Gasteiger partial charge on any atom is -0.348 e. The third-order valence-corrected chi connectivity index (χ3v) is 14.1. The van der Waals surface area contributed by atoms with Gasteiger partial charge < -0.3 is 4.74 Å². The Kier molecular flexibility index (Phi) is 9.62. The molecule has 4 atom stereocenters. The van der Waals surface area contributed by atoms with Crippen molar-refractivity contribution in [3.05, 3.63) is 167 Å². The zero-order valence-corrected chi connectivity index (χ0v) is 35.4. The van der Waals surface area contributed by atoms with E-state index in [-0.39, 0.29) is 10.8 Å². The number of nitrogens with zero attached hydrogens (tertiary/aromatic N) is 2. The zero-order valence-electron chi connectivity index (χ0n) is 33.4. The lowest BCUT2D eigenvalue weighted by Gasteiger charge is -2.64. The fraction of sp³-hybridized carbons (Fsp3) is 0.400. The molecule has 2 fully saturated rings. The molecule has 6 radical (unpaired) electrons. The highest BCUT2D eigenvalue weighted by Gasteiger charge is 2.68. The van der Waals surface area contributed by atoms with Crippen molar-refractivity contribution in [3.63, 3.8) is 0 Å². The summed E-state index contributed by atoms with van der Waals surface area (Å²) in [5, 5.41) is 1.65. The first-order valence-electron chi connectivity index (χ1n) is 20.3. The molecule has 4 unspecified atom stereocenters.